The zero-order valence-electron chi connectivity index (χ0n) is 19.2. The van der Waals surface area contributed by atoms with Crippen molar-refractivity contribution in [2.75, 3.05) is 11.4 Å². The summed E-state index contributed by atoms with van der Waals surface area (Å²) in [6.45, 7) is 7.98. The van der Waals surface area contributed by atoms with E-state index in [1.54, 1.807) is 19.2 Å². The van der Waals surface area contributed by atoms with Crippen molar-refractivity contribution in [1.29, 1.82) is 0 Å². The van der Waals surface area contributed by atoms with Gasteiger partial charge in [0.05, 0.1) is 6.54 Å². The van der Waals surface area contributed by atoms with E-state index in [9.17, 15) is 9.59 Å². The van der Waals surface area contributed by atoms with Crippen molar-refractivity contribution < 1.29 is 0 Å². The molecular weight excluding hydrogens is 438 g/mol. The zero-order chi connectivity index (χ0) is 23.4. The van der Waals surface area contributed by atoms with Crippen molar-refractivity contribution in [2.24, 2.45) is 13.0 Å². The standard InChI is InChI=1S/C25H26ClN5O2/c1-15-12-29(20-10-5-16(2)17(3)11-20)24-27-22-21(30(24)13-15)23(32)31(25(33)28(22)4)14-18-6-8-19(26)9-7-18/h5-11,15H,12-14H2,1-4H3/t15-/m1/s1. The molecule has 2 aromatic carbocycles. The minimum absolute atomic E-state index is 0.176. The highest BCUT2D eigenvalue weighted by atomic mass is 35.5. The van der Waals surface area contributed by atoms with Crippen LogP contribution in [0, 0.1) is 19.8 Å². The number of halogens is 1. The third-order valence-electron chi connectivity index (χ3n) is 6.50. The fourth-order valence-corrected chi connectivity index (χ4v) is 4.65. The lowest BCUT2D eigenvalue weighted by atomic mass is 10.1. The highest BCUT2D eigenvalue weighted by molar-refractivity contribution is 6.30. The molecule has 1 aliphatic heterocycles. The summed E-state index contributed by atoms with van der Waals surface area (Å²) in [4.78, 5) is 33.7. The predicted octanol–water partition coefficient (Wildman–Crippen LogP) is 4.00. The number of anilines is 2. The van der Waals surface area contributed by atoms with Gasteiger partial charge in [0.1, 0.15) is 0 Å². The monoisotopic (exact) mass is 463 g/mol. The topological polar surface area (TPSA) is 65.1 Å². The van der Waals surface area contributed by atoms with Crippen LogP contribution in [-0.4, -0.2) is 25.2 Å². The molecule has 0 N–H and O–H groups in total. The van der Waals surface area contributed by atoms with Gasteiger partial charge >= 0.3 is 5.69 Å². The molecule has 0 unspecified atom stereocenters. The van der Waals surface area contributed by atoms with Crippen LogP contribution in [0.1, 0.15) is 23.6 Å². The molecule has 0 radical (unpaired) electrons. The number of hydrogen-bond acceptors (Lipinski definition) is 4. The van der Waals surface area contributed by atoms with Gasteiger partial charge in [0.25, 0.3) is 5.56 Å². The predicted molar refractivity (Wildman–Crippen MR) is 132 cm³/mol. The zero-order valence-corrected chi connectivity index (χ0v) is 19.9. The largest absolute Gasteiger partial charge is 0.332 e. The first-order chi connectivity index (χ1) is 15.7. The van der Waals surface area contributed by atoms with Crippen molar-refractivity contribution >= 4 is 34.4 Å². The Labute approximate surface area is 196 Å². The summed E-state index contributed by atoms with van der Waals surface area (Å²) in [6, 6.07) is 13.5. The maximum Gasteiger partial charge on any atom is 0.332 e. The second-order valence-corrected chi connectivity index (χ2v) is 9.47. The molecule has 0 spiro atoms. The molecule has 3 heterocycles. The molecule has 0 saturated carbocycles. The Morgan fingerprint density at radius 2 is 1.76 bits per heavy atom. The minimum atomic E-state index is -0.385. The number of aromatic nitrogens is 4. The first kappa shape index (κ1) is 21.5. The molecule has 1 aliphatic rings. The number of fused-ring (bicyclic) bond motifs is 3. The van der Waals surface area contributed by atoms with Crippen LogP contribution in [0.3, 0.4) is 0 Å². The van der Waals surface area contributed by atoms with Crippen LogP contribution in [0.2, 0.25) is 5.02 Å². The van der Waals surface area contributed by atoms with Crippen LogP contribution >= 0.6 is 11.6 Å². The summed E-state index contributed by atoms with van der Waals surface area (Å²) in [5, 5.41) is 0.611. The Kier molecular flexibility index (Phi) is 5.16. The molecule has 0 bridgehead atoms. The van der Waals surface area contributed by atoms with E-state index in [1.165, 1.54) is 20.3 Å². The minimum Gasteiger partial charge on any atom is -0.312 e. The van der Waals surface area contributed by atoms with E-state index in [1.807, 2.05) is 16.7 Å². The molecule has 0 fully saturated rings. The highest BCUT2D eigenvalue weighted by Gasteiger charge is 2.30. The van der Waals surface area contributed by atoms with Gasteiger partial charge in [-0.3, -0.25) is 13.9 Å². The second kappa shape index (κ2) is 7.92. The van der Waals surface area contributed by atoms with E-state index in [4.69, 9.17) is 16.6 Å². The molecular formula is C25H26ClN5O2. The van der Waals surface area contributed by atoms with E-state index in [2.05, 4.69) is 43.9 Å². The first-order valence-electron chi connectivity index (χ1n) is 11.0. The molecule has 7 nitrogen and oxygen atoms in total. The molecule has 170 valence electrons. The fourth-order valence-electron chi connectivity index (χ4n) is 4.53. The maximum atomic E-state index is 13.6. The van der Waals surface area contributed by atoms with Crippen molar-refractivity contribution in [2.45, 2.75) is 33.9 Å². The Balaban J connectivity index is 1.71. The van der Waals surface area contributed by atoms with Gasteiger partial charge in [-0.25, -0.2) is 4.79 Å². The number of rotatable bonds is 3. The summed E-state index contributed by atoms with van der Waals surface area (Å²) >= 11 is 5.99. The Hall–Kier alpha value is -3.32. The van der Waals surface area contributed by atoms with Crippen molar-refractivity contribution in [3.63, 3.8) is 0 Å². The highest BCUT2D eigenvalue weighted by Crippen LogP contribution is 2.33. The lowest BCUT2D eigenvalue weighted by Gasteiger charge is -2.33. The van der Waals surface area contributed by atoms with Crippen LogP contribution < -0.4 is 16.1 Å². The van der Waals surface area contributed by atoms with Gasteiger partial charge in [-0.1, -0.05) is 36.7 Å². The number of imidazole rings is 1. The van der Waals surface area contributed by atoms with Crippen molar-refractivity contribution in [3.8, 4) is 0 Å². The van der Waals surface area contributed by atoms with Crippen molar-refractivity contribution in [3.05, 3.63) is 85.0 Å². The fraction of sp³-hybridized carbons (Fsp3) is 0.320. The van der Waals surface area contributed by atoms with Gasteiger partial charge in [-0.15, -0.1) is 0 Å². The Morgan fingerprint density at radius 1 is 1.03 bits per heavy atom. The molecule has 4 aromatic rings. The van der Waals surface area contributed by atoms with Gasteiger partial charge in [0, 0.05) is 30.8 Å². The average Bonchev–Trinajstić information content (AvgIpc) is 3.17. The van der Waals surface area contributed by atoms with Crippen LogP contribution in [0.5, 0.6) is 0 Å². The van der Waals surface area contributed by atoms with Crippen LogP contribution in [-0.2, 0) is 20.1 Å². The van der Waals surface area contributed by atoms with Gasteiger partial charge in [0.15, 0.2) is 11.2 Å². The van der Waals surface area contributed by atoms with Crippen molar-refractivity contribution in [1.82, 2.24) is 18.7 Å². The number of aryl methyl sites for hydroxylation is 3. The number of nitrogens with zero attached hydrogens (tertiary/aromatic N) is 5. The van der Waals surface area contributed by atoms with Crippen LogP contribution in [0.15, 0.2) is 52.1 Å². The average molecular weight is 464 g/mol. The molecule has 0 saturated heterocycles. The van der Waals surface area contributed by atoms with E-state index >= 15 is 0 Å². The summed E-state index contributed by atoms with van der Waals surface area (Å²) in [6.07, 6.45) is 0. The third kappa shape index (κ3) is 3.56. The first-order valence-corrected chi connectivity index (χ1v) is 11.4. The van der Waals surface area contributed by atoms with Crippen LogP contribution in [0.25, 0.3) is 11.2 Å². The third-order valence-corrected chi connectivity index (χ3v) is 6.75. The van der Waals surface area contributed by atoms with Gasteiger partial charge < -0.3 is 9.47 Å². The lowest BCUT2D eigenvalue weighted by molar-refractivity contribution is 0.458. The molecule has 8 heteroatoms. The Bertz CT molecular complexity index is 1500. The van der Waals surface area contributed by atoms with Gasteiger partial charge in [0.2, 0.25) is 5.95 Å². The van der Waals surface area contributed by atoms with Crippen LogP contribution in [0.4, 0.5) is 11.6 Å². The molecule has 33 heavy (non-hydrogen) atoms. The van der Waals surface area contributed by atoms with E-state index in [0.29, 0.717) is 34.6 Å². The molecule has 0 aliphatic carbocycles. The molecule has 1 atom stereocenters. The normalized spacial score (nSPS) is 15.8. The molecule has 5 rings (SSSR count). The summed E-state index contributed by atoms with van der Waals surface area (Å²) in [7, 11) is 1.67. The van der Waals surface area contributed by atoms with E-state index < -0.39 is 0 Å². The summed E-state index contributed by atoms with van der Waals surface area (Å²) in [5.41, 5.74) is 4.46. The van der Waals surface area contributed by atoms with E-state index in [-0.39, 0.29) is 17.8 Å². The van der Waals surface area contributed by atoms with E-state index in [0.717, 1.165) is 17.8 Å². The molecule has 0 amide bonds. The number of hydrogen-bond donors (Lipinski definition) is 0. The van der Waals surface area contributed by atoms with Gasteiger partial charge in [-0.2, -0.15) is 4.98 Å². The second-order valence-electron chi connectivity index (χ2n) is 9.04. The SMILES string of the molecule is Cc1ccc(N2C[C@@H](C)Cn3c2nc2c3c(=O)n(Cc3ccc(Cl)cc3)c(=O)n2C)cc1C. The Morgan fingerprint density at radius 3 is 2.45 bits per heavy atom. The summed E-state index contributed by atoms with van der Waals surface area (Å²) in [5.74, 6) is 1.00. The van der Waals surface area contributed by atoms with Gasteiger partial charge in [-0.05, 0) is 60.7 Å². The molecule has 2 aromatic heterocycles. The summed E-state index contributed by atoms with van der Waals surface area (Å²) < 4.78 is 4.72. The smallest absolute Gasteiger partial charge is 0.312 e. The lowest BCUT2D eigenvalue weighted by Crippen LogP contribution is -2.40. The maximum absolute atomic E-state index is 13.6. The number of benzene rings is 2. The quantitative estimate of drug-likeness (QED) is 0.460.